The minimum atomic E-state index is -0.366. The molecule has 0 aliphatic rings. The van der Waals surface area contributed by atoms with E-state index in [9.17, 15) is 9.18 Å². The molecule has 0 bridgehead atoms. The van der Waals surface area contributed by atoms with Gasteiger partial charge in [0, 0.05) is 25.7 Å². The first-order valence-electron chi connectivity index (χ1n) is 10.9. The van der Waals surface area contributed by atoms with Crippen molar-refractivity contribution in [3.8, 4) is 0 Å². The minimum absolute atomic E-state index is 0.00726. The molecule has 9 nitrogen and oxygen atoms in total. The summed E-state index contributed by atoms with van der Waals surface area (Å²) in [5.74, 6) is 0.189. The summed E-state index contributed by atoms with van der Waals surface area (Å²) in [7, 11) is 0. The molecule has 4 heterocycles. The fraction of sp³-hybridized carbons (Fsp3) is 0.261. The highest BCUT2D eigenvalue weighted by atomic mass is 32.1. The Morgan fingerprint density at radius 1 is 1.18 bits per heavy atom. The number of fused-ring (bicyclic) bond motifs is 2. The van der Waals surface area contributed by atoms with Crippen molar-refractivity contribution in [1.29, 1.82) is 0 Å². The number of H-pyrrole nitrogens is 1. The van der Waals surface area contributed by atoms with E-state index < -0.39 is 0 Å². The number of thiazole rings is 1. The lowest BCUT2D eigenvalue weighted by atomic mass is 10.2. The van der Waals surface area contributed by atoms with Crippen molar-refractivity contribution in [3.63, 3.8) is 0 Å². The van der Waals surface area contributed by atoms with E-state index in [0.29, 0.717) is 42.0 Å². The first-order valence-corrected chi connectivity index (χ1v) is 11.7. The van der Waals surface area contributed by atoms with E-state index >= 15 is 0 Å². The Labute approximate surface area is 198 Å². The molecule has 34 heavy (non-hydrogen) atoms. The number of anilines is 1. The lowest BCUT2D eigenvalue weighted by molar-refractivity contribution is 0.548. The van der Waals surface area contributed by atoms with Gasteiger partial charge in [-0.3, -0.25) is 19.6 Å². The van der Waals surface area contributed by atoms with Crippen LogP contribution in [0, 0.1) is 12.7 Å². The topological polar surface area (TPSA) is 113 Å². The third-order valence-electron chi connectivity index (χ3n) is 5.43. The standard InChI is InChI=1S/C23H23FN8OS/c1-14-4-5-15-17(11-14)31-32(23(15)33)10-9-25-8-6-19-30-20-21(28-13-29-22(20)34-19)27-12-18-16(24)3-2-7-26-18/h2-5,7,11,13,25,31H,6,8-10,12H2,1H3,(H,27,28,29). The molecular weight excluding hydrogens is 455 g/mol. The van der Waals surface area contributed by atoms with Crippen molar-refractivity contribution >= 4 is 38.4 Å². The van der Waals surface area contributed by atoms with Gasteiger partial charge in [0.05, 0.1) is 34.7 Å². The second-order valence-corrected chi connectivity index (χ2v) is 8.95. The average Bonchev–Trinajstić information content (AvgIpc) is 3.39. The monoisotopic (exact) mass is 478 g/mol. The first kappa shape index (κ1) is 22.1. The third kappa shape index (κ3) is 4.66. The molecule has 0 saturated carbocycles. The van der Waals surface area contributed by atoms with Crippen LogP contribution in [0.4, 0.5) is 10.2 Å². The predicted octanol–water partition coefficient (Wildman–Crippen LogP) is 3.02. The smallest absolute Gasteiger partial charge is 0.274 e. The van der Waals surface area contributed by atoms with Crippen molar-refractivity contribution in [2.75, 3.05) is 18.4 Å². The molecular formula is C23H23FN8OS. The van der Waals surface area contributed by atoms with Gasteiger partial charge in [-0.1, -0.05) is 17.4 Å². The van der Waals surface area contributed by atoms with Crippen LogP contribution in [0.3, 0.4) is 0 Å². The van der Waals surface area contributed by atoms with Gasteiger partial charge in [-0.2, -0.15) is 0 Å². The SMILES string of the molecule is Cc1ccc2c(=O)n(CCNCCc3nc4c(NCc5ncccc5F)ncnc4s3)[nH]c2c1. The van der Waals surface area contributed by atoms with Crippen LogP contribution in [-0.4, -0.2) is 42.8 Å². The molecule has 5 rings (SSSR count). The summed E-state index contributed by atoms with van der Waals surface area (Å²) in [6, 6.07) is 8.72. The number of benzene rings is 1. The summed E-state index contributed by atoms with van der Waals surface area (Å²) in [5, 5.41) is 11.3. The van der Waals surface area contributed by atoms with Gasteiger partial charge in [-0.15, -0.1) is 0 Å². The molecule has 0 unspecified atom stereocenters. The second kappa shape index (κ2) is 9.65. The van der Waals surface area contributed by atoms with E-state index in [-0.39, 0.29) is 17.9 Å². The lowest BCUT2D eigenvalue weighted by Gasteiger charge is -2.05. The molecule has 5 aromatic rings. The number of aromatic amines is 1. The molecule has 174 valence electrons. The summed E-state index contributed by atoms with van der Waals surface area (Å²) in [4.78, 5) is 30.5. The van der Waals surface area contributed by atoms with Crippen molar-refractivity contribution < 1.29 is 4.39 Å². The van der Waals surface area contributed by atoms with Crippen LogP contribution in [0.1, 0.15) is 16.3 Å². The van der Waals surface area contributed by atoms with Gasteiger partial charge in [0.15, 0.2) is 5.82 Å². The third-order valence-corrected chi connectivity index (χ3v) is 6.45. The number of hydrogen-bond acceptors (Lipinski definition) is 8. The van der Waals surface area contributed by atoms with Crippen LogP contribution in [0.25, 0.3) is 21.3 Å². The number of nitrogens with one attached hydrogen (secondary N) is 3. The summed E-state index contributed by atoms with van der Waals surface area (Å²) in [6.45, 7) is 4.13. The molecule has 0 spiro atoms. The fourth-order valence-corrected chi connectivity index (χ4v) is 4.60. The number of nitrogens with zero attached hydrogens (tertiary/aromatic N) is 5. The molecule has 0 amide bonds. The van der Waals surface area contributed by atoms with Gasteiger partial charge >= 0.3 is 0 Å². The Hall–Kier alpha value is -3.70. The minimum Gasteiger partial charge on any atom is -0.362 e. The zero-order valence-electron chi connectivity index (χ0n) is 18.5. The predicted molar refractivity (Wildman–Crippen MR) is 131 cm³/mol. The highest BCUT2D eigenvalue weighted by molar-refractivity contribution is 7.18. The van der Waals surface area contributed by atoms with E-state index in [1.54, 1.807) is 16.9 Å². The van der Waals surface area contributed by atoms with Crippen LogP contribution in [-0.2, 0) is 19.5 Å². The van der Waals surface area contributed by atoms with E-state index in [4.69, 9.17) is 0 Å². The van der Waals surface area contributed by atoms with Crippen molar-refractivity contribution in [1.82, 2.24) is 35.0 Å². The Morgan fingerprint density at radius 2 is 2.09 bits per heavy atom. The molecule has 0 aliphatic heterocycles. The number of halogens is 1. The second-order valence-electron chi connectivity index (χ2n) is 7.89. The molecule has 0 aliphatic carbocycles. The molecule has 1 aromatic carbocycles. The number of aromatic nitrogens is 6. The van der Waals surface area contributed by atoms with E-state index in [2.05, 4.69) is 35.7 Å². The number of pyridine rings is 1. The lowest BCUT2D eigenvalue weighted by Crippen LogP contribution is -2.27. The zero-order valence-corrected chi connectivity index (χ0v) is 19.3. The maximum absolute atomic E-state index is 13.8. The maximum atomic E-state index is 13.8. The highest BCUT2D eigenvalue weighted by Gasteiger charge is 2.12. The van der Waals surface area contributed by atoms with E-state index in [1.807, 2.05) is 25.1 Å². The van der Waals surface area contributed by atoms with Gasteiger partial charge in [0.1, 0.15) is 22.5 Å². The van der Waals surface area contributed by atoms with E-state index in [1.165, 1.54) is 23.7 Å². The molecule has 11 heteroatoms. The van der Waals surface area contributed by atoms with Crippen molar-refractivity contribution in [3.05, 3.63) is 75.3 Å². The largest absolute Gasteiger partial charge is 0.362 e. The van der Waals surface area contributed by atoms with Crippen LogP contribution in [0.5, 0.6) is 0 Å². The Morgan fingerprint density at radius 3 is 2.97 bits per heavy atom. The van der Waals surface area contributed by atoms with Gasteiger partial charge in [0.2, 0.25) is 0 Å². The average molecular weight is 479 g/mol. The van der Waals surface area contributed by atoms with Gasteiger partial charge < -0.3 is 10.6 Å². The van der Waals surface area contributed by atoms with E-state index in [0.717, 1.165) is 27.3 Å². The Kier molecular flexibility index (Phi) is 6.28. The van der Waals surface area contributed by atoms with Gasteiger partial charge in [-0.25, -0.2) is 19.3 Å². The molecule has 3 N–H and O–H groups in total. The Bertz CT molecular complexity index is 1510. The van der Waals surface area contributed by atoms with Crippen LogP contribution in [0.15, 0.2) is 47.7 Å². The molecule has 0 saturated heterocycles. The molecule has 4 aromatic heterocycles. The van der Waals surface area contributed by atoms with Gasteiger partial charge in [0.25, 0.3) is 5.56 Å². The quantitative estimate of drug-likeness (QED) is 0.279. The summed E-state index contributed by atoms with van der Waals surface area (Å²) in [6.07, 6.45) is 3.74. The number of hydrogen-bond donors (Lipinski definition) is 3. The van der Waals surface area contributed by atoms with Crippen LogP contribution in [0.2, 0.25) is 0 Å². The summed E-state index contributed by atoms with van der Waals surface area (Å²) in [5.41, 5.74) is 2.95. The molecule has 0 atom stereocenters. The highest BCUT2D eigenvalue weighted by Crippen LogP contribution is 2.25. The van der Waals surface area contributed by atoms with Crippen molar-refractivity contribution in [2.24, 2.45) is 0 Å². The Balaban J connectivity index is 1.17. The summed E-state index contributed by atoms with van der Waals surface area (Å²) >= 11 is 1.50. The number of rotatable bonds is 9. The first-order chi connectivity index (χ1) is 16.6. The normalized spacial score (nSPS) is 11.5. The van der Waals surface area contributed by atoms with Gasteiger partial charge in [-0.05, 0) is 36.8 Å². The molecule has 0 radical (unpaired) electrons. The van der Waals surface area contributed by atoms with Crippen molar-refractivity contribution in [2.45, 2.75) is 26.4 Å². The van der Waals surface area contributed by atoms with Crippen LogP contribution >= 0.6 is 11.3 Å². The number of aryl methyl sites for hydroxylation is 1. The maximum Gasteiger partial charge on any atom is 0.274 e. The molecule has 0 fully saturated rings. The fourth-order valence-electron chi connectivity index (χ4n) is 3.70. The summed E-state index contributed by atoms with van der Waals surface area (Å²) < 4.78 is 15.5. The zero-order chi connectivity index (χ0) is 23.5. The van der Waals surface area contributed by atoms with Crippen LogP contribution < -0.4 is 16.2 Å².